The second-order valence-electron chi connectivity index (χ2n) is 4.49. The topological polar surface area (TPSA) is 53.2 Å². The van der Waals surface area contributed by atoms with E-state index >= 15 is 0 Å². The monoisotopic (exact) mass is 217 g/mol. The number of carbonyl (C=O) groups excluding carboxylic acids is 1. The van der Waals surface area contributed by atoms with Gasteiger partial charge in [-0.3, -0.25) is 4.79 Å². The summed E-state index contributed by atoms with van der Waals surface area (Å²) in [5, 5.41) is 9.84. The Hall–Kier alpha value is -1.55. The molecule has 1 aromatic rings. The number of piperidine rings is 1. The van der Waals surface area contributed by atoms with Crippen molar-refractivity contribution in [1.29, 1.82) is 0 Å². The summed E-state index contributed by atoms with van der Waals surface area (Å²) in [5.74, 6) is 0.0260. The average molecular weight is 217 g/mol. The molecule has 0 aromatic heterocycles. The van der Waals surface area contributed by atoms with Crippen molar-refractivity contribution in [2.24, 2.45) is 0 Å². The van der Waals surface area contributed by atoms with Crippen molar-refractivity contribution in [3.8, 4) is 0 Å². The van der Waals surface area contributed by atoms with E-state index in [4.69, 9.17) is 0 Å². The molecule has 1 fully saturated rings. The van der Waals surface area contributed by atoms with E-state index in [-0.39, 0.29) is 11.6 Å². The number of hydrogen-bond donors (Lipinski definition) is 3. The van der Waals surface area contributed by atoms with E-state index in [9.17, 15) is 4.79 Å². The molecular formula is C12H15N3O. The third-order valence-electron chi connectivity index (χ3n) is 3.28. The highest BCUT2D eigenvalue weighted by molar-refractivity contribution is 6.02. The van der Waals surface area contributed by atoms with E-state index in [2.05, 4.69) is 16.0 Å². The minimum atomic E-state index is -0.288. The average Bonchev–Trinajstić information content (AvgIpc) is 2.30. The van der Waals surface area contributed by atoms with Crippen LogP contribution in [0.2, 0.25) is 0 Å². The molecule has 0 aliphatic carbocycles. The smallest absolute Gasteiger partial charge is 0.255 e. The molecule has 0 unspecified atom stereocenters. The van der Waals surface area contributed by atoms with Crippen LogP contribution in [-0.4, -0.2) is 24.7 Å². The lowest BCUT2D eigenvalue weighted by atomic mass is 9.95. The number of carbonyl (C=O) groups is 1. The molecule has 0 bridgehead atoms. The van der Waals surface area contributed by atoms with Gasteiger partial charge in [0, 0.05) is 12.2 Å². The van der Waals surface area contributed by atoms with E-state index in [1.807, 2.05) is 24.3 Å². The SMILES string of the molecule is O=C1N[C@]2(CCCNC2)Nc2ccccc21. The summed E-state index contributed by atoms with van der Waals surface area (Å²) in [7, 11) is 0. The van der Waals surface area contributed by atoms with Crippen LogP contribution in [0.15, 0.2) is 24.3 Å². The van der Waals surface area contributed by atoms with Crippen molar-refractivity contribution in [2.45, 2.75) is 18.5 Å². The molecule has 84 valence electrons. The zero-order valence-electron chi connectivity index (χ0n) is 9.05. The molecule has 1 atom stereocenters. The molecular weight excluding hydrogens is 202 g/mol. The summed E-state index contributed by atoms with van der Waals surface area (Å²) in [6, 6.07) is 7.65. The third-order valence-corrected chi connectivity index (χ3v) is 3.28. The zero-order valence-corrected chi connectivity index (χ0v) is 9.05. The summed E-state index contributed by atoms with van der Waals surface area (Å²) >= 11 is 0. The molecule has 16 heavy (non-hydrogen) atoms. The van der Waals surface area contributed by atoms with Crippen LogP contribution in [0.3, 0.4) is 0 Å². The van der Waals surface area contributed by atoms with Gasteiger partial charge in [-0.2, -0.15) is 0 Å². The van der Waals surface area contributed by atoms with Gasteiger partial charge in [0.05, 0.1) is 5.56 Å². The lowest BCUT2D eigenvalue weighted by molar-refractivity contribution is 0.0884. The summed E-state index contributed by atoms with van der Waals surface area (Å²) in [5.41, 5.74) is 1.39. The van der Waals surface area contributed by atoms with E-state index in [0.717, 1.165) is 37.2 Å². The van der Waals surface area contributed by atoms with Gasteiger partial charge in [0.25, 0.3) is 5.91 Å². The lowest BCUT2D eigenvalue weighted by Gasteiger charge is -2.43. The Morgan fingerprint density at radius 1 is 1.19 bits per heavy atom. The van der Waals surface area contributed by atoms with E-state index < -0.39 is 0 Å². The second kappa shape index (κ2) is 3.49. The Labute approximate surface area is 94.4 Å². The molecule has 3 rings (SSSR count). The van der Waals surface area contributed by atoms with Gasteiger partial charge in [0.2, 0.25) is 0 Å². The second-order valence-corrected chi connectivity index (χ2v) is 4.49. The Balaban J connectivity index is 1.96. The number of rotatable bonds is 0. The molecule has 2 heterocycles. The molecule has 1 amide bonds. The first kappa shape index (κ1) is 9.66. The molecule has 0 saturated carbocycles. The normalized spacial score (nSPS) is 28.1. The van der Waals surface area contributed by atoms with Crippen LogP contribution in [0.5, 0.6) is 0 Å². The van der Waals surface area contributed by atoms with Crippen molar-refractivity contribution in [2.75, 3.05) is 18.4 Å². The van der Waals surface area contributed by atoms with Gasteiger partial charge in [-0.25, -0.2) is 0 Å². The fourth-order valence-corrected chi connectivity index (χ4v) is 2.48. The van der Waals surface area contributed by atoms with Crippen LogP contribution in [-0.2, 0) is 0 Å². The standard InChI is InChI=1S/C12H15N3O/c16-11-9-4-1-2-5-10(9)14-12(15-11)6-3-7-13-8-12/h1-2,4-5,13-14H,3,6-8H2,(H,15,16)/t12-/m0/s1. The Morgan fingerprint density at radius 3 is 2.88 bits per heavy atom. The number of hydrogen-bond acceptors (Lipinski definition) is 3. The molecule has 3 N–H and O–H groups in total. The molecule has 1 aromatic carbocycles. The highest BCUT2D eigenvalue weighted by Crippen LogP contribution is 2.27. The minimum Gasteiger partial charge on any atom is -0.361 e. The summed E-state index contributed by atoms with van der Waals surface area (Å²) < 4.78 is 0. The number of anilines is 1. The highest BCUT2D eigenvalue weighted by atomic mass is 16.2. The first-order valence-electron chi connectivity index (χ1n) is 5.70. The van der Waals surface area contributed by atoms with Crippen LogP contribution in [0.25, 0.3) is 0 Å². The van der Waals surface area contributed by atoms with Gasteiger partial charge in [0.1, 0.15) is 5.66 Å². The number of nitrogens with one attached hydrogen (secondary N) is 3. The van der Waals surface area contributed by atoms with Crippen molar-refractivity contribution in [1.82, 2.24) is 10.6 Å². The van der Waals surface area contributed by atoms with Gasteiger partial charge >= 0.3 is 0 Å². The number of benzene rings is 1. The molecule has 4 nitrogen and oxygen atoms in total. The molecule has 4 heteroatoms. The van der Waals surface area contributed by atoms with Crippen molar-refractivity contribution >= 4 is 11.6 Å². The summed E-state index contributed by atoms with van der Waals surface area (Å²) in [4.78, 5) is 12.0. The van der Waals surface area contributed by atoms with Crippen LogP contribution >= 0.6 is 0 Å². The maximum absolute atomic E-state index is 12.0. The van der Waals surface area contributed by atoms with Crippen LogP contribution < -0.4 is 16.0 Å². The van der Waals surface area contributed by atoms with E-state index in [1.54, 1.807) is 0 Å². The molecule has 2 aliphatic rings. The minimum absolute atomic E-state index is 0.0260. The highest BCUT2D eigenvalue weighted by Gasteiger charge is 2.37. The first-order valence-corrected chi connectivity index (χ1v) is 5.70. The van der Waals surface area contributed by atoms with Crippen LogP contribution in [0, 0.1) is 0 Å². The van der Waals surface area contributed by atoms with Crippen molar-refractivity contribution < 1.29 is 4.79 Å². The largest absolute Gasteiger partial charge is 0.361 e. The van der Waals surface area contributed by atoms with E-state index in [1.165, 1.54) is 0 Å². The van der Waals surface area contributed by atoms with Crippen molar-refractivity contribution in [3.05, 3.63) is 29.8 Å². The Kier molecular flexibility index (Phi) is 2.11. The summed E-state index contributed by atoms with van der Waals surface area (Å²) in [6.07, 6.45) is 2.05. The van der Waals surface area contributed by atoms with Gasteiger partial charge < -0.3 is 16.0 Å². The van der Waals surface area contributed by atoms with Gasteiger partial charge in [-0.05, 0) is 31.5 Å². The first-order chi connectivity index (χ1) is 7.79. The predicted molar refractivity (Wildman–Crippen MR) is 62.4 cm³/mol. The quantitative estimate of drug-likeness (QED) is 0.605. The van der Waals surface area contributed by atoms with Gasteiger partial charge in [-0.1, -0.05) is 12.1 Å². The maximum Gasteiger partial charge on any atom is 0.255 e. The number of para-hydroxylation sites is 1. The van der Waals surface area contributed by atoms with Crippen LogP contribution in [0.1, 0.15) is 23.2 Å². The fraction of sp³-hybridized carbons (Fsp3) is 0.417. The van der Waals surface area contributed by atoms with Crippen LogP contribution in [0.4, 0.5) is 5.69 Å². The molecule has 1 saturated heterocycles. The molecule has 1 spiro atoms. The fourth-order valence-electron chi connectivity index (χ4n) is 2.48. The Morgan fingerprint density at radius 2 is 2.06 bits per heavy atom. The van der Waals surface area contributed by atoms with Crippen molar-refractivity contribution in [3.63, 3.8) is 0 Å². The molecule has 2 aliphatic heterocycles. The van der Waals surface area contributed by atoms with E-state index in [0.29, 0.717) is 0 Å². The number of fused-ring (bicyclic) bond motifs is 1. The maximum atomic E-state index is 12.0. The van der Waals surface area contributed by atoms with Gasteiger partial charge in [-0.15, -0.1) is 0 Å². The summed E-state index contributed by atoms with van der Waals surface area (Å²) in [6.45, 7) is 1.81. The zero-order chi connectivity index (χ0) is 11.0. The lowest BCUT2D eigenvalue weighted by Crippen LogP contribution is -2.64. The third kappa shape index (κ3) is 1.46. The van der Waals surface area contributed by atoms with Gasteiger partial charge in [0.15, 0.2) is 0 Å². The number of amides is 1. The molecule has 0 radical (unpaired) electrons. The predicted octanol–water partition coefficient (Wildman–Crippen LogP) is 0.922. The Bertz CT molecular complexity index is 424.